The average Bonchev–Trinajstić information content (AvgIpc) is 2.79. The number of pyridine rings is 1. The second kappa shape index (κ2) is 6.39. The number of aromatic amines is 1. The molecule has 0 aromatic carbocycles. The summed E-state index contributed by atoms with van der Waals surface area (Å²) < 4.78 is 3.09. The number of rotatable bonds is 4. The molecule has 0 saturated carbocycles. The third kappa shape index (κ3) is 3.48. The van der Waals surface area contributed by atoms with Gasteiger partial charge in [-0.05, 0) is 32.4 Å². The van der Waals surface area contributed by atoms with Crippen LogP contribution in [0.5, 0.6) is 0 Å². The van der Waals surface area contributed by atoms with Crippen molar-refractivity contribution < 1.29 is 4.40 Å². The van der Waals surface area contributed by atoms with Crippen LogP contribution in [0, 0.1) is 6.92 Å². The molecular formula is C14H20N3S2+. The van der Waals surface area contributed by atoms with E-state index in [1.165, 1.54) is 11.3 Å². The van der Waals surface area contributed by atoms with Gasteiger partial charge in [0.15, 0.2) is 5.69 Å². The van der Waals surface area contributed by atoms with Gasteiger partial charge in [-0.2, -0.15) is 0 Å². The molecule has 0 radical (unpaired) electrons. The summed E-state index contributed by atoms with van der Waals surface area (Å²) in [5.74, 6) is 0.885. The quantitative estimate of drug-likeness (QED) is 0.693. The van der Waals surface area contributed by atoms with Crippen LogP contribution in [-0.4, -0.2) is 27.3 Å². The van der Waals surface area contributed by atoms with E-state index in [1.54, 1.807) is 11.8 Å². The molecule has 0 saturated heterocycles. The van der Waals surface area contributed by atoms with E-state index in [-0.39, 0.29) is 0 Å². The molecule has 2 aromatic heterocycles. The molecule has 0 bridgehead atoms. The summed E-state index contributed by atoms with van der Waals surface area (Å²) >= 11 is 7.16. The SMILES string of the molecule is CCN(CC)C(=S)SCc1c[n+]2ccc(C)cc2[nH]1. The summed E-state index contributed by atoms with van der Waals surface area (Å²) in [5, 5.41) is 0. The fraction of sp³-hybridized carbons (Fsp3) is 0.429. The highest BCUT2D eigenvalue weighted by molar-refractivity contribution is 8.22. The van der Waals surface area contributed by atoms with Crippen LogP contribution < -0.4 is 4.40 Å². The Morgan fingerprint density at radius 3 is 2.84 bits per heavy atom. The predicted octanol–water partition coefficient (Wildman–Crippen LogP) is 2.92. The van der Waals surface area contributed by atoms with Gasteiger partial charge in [0.2, 0.25) is 0 Å². The minimum Gasteiger partial charge on any atom is -0.358 e. The molecule has 0 unspecified atom stereocenters. The lowest BCUT2D eigenvalue weighted by atomic mass is 10.3. The molecule has 19 heavy (non-hydrogen) atoms. The van der Waals surface area contributed by atoms with Crippen LogP contribution >= 0.6 is 24.0 Å². The Morgan fingerprint density at radius 1 is 1.42 bits per heavy atom. The fourth-order valence-corrected chi connectivity index (χ4v) is 3.28. The zero-order valence-corrected chi connectivity index (χ0v) is 13.3. The molecule has 5 heteroatoms. The molecule has 2 aromatic rings. The van der Waals surface area contributed by atoms with E-state index in [1.807, 2.05) is 0 Å². The highest BCUT2D eigenvalue weighted by atomic mass is 32.2. The van der Waals surface area contributed by atoms with Crippen LogP contribution in [0.4, 0.5) is 0 Å². The number of fused-ring (bicyclic) bond motifs is 1. The maximum atomic E-state index is 5.44. The maximum Gasteiger partial charge on any atom is 0.284 e. The molecule has 0 aliphatic carbocycles. The largest absolute Gasteiger partial charge is 0.358 e. The Hall–Kier alpha value is -1.07. The van der Waals surface area contributed by atoms with Gasteiger partial charge in [0.05, 0.1) is 11.9 Å². The monoisotopic (exact) mass is 294 g/mol. The van der Waals surface area contributed by atoms with Crippen molar-refractivity contribution in [2.75, 3.05) is 13.1 Å². The van der Waals surface area contributed by atoms with Crippen LogP contribution in [0.2, 0.25) is 0 Å². The van der Waals surface area contributed by atoms with E-state index in [2.05, 4.69) is 59.6 Å². The van der Waals surface area contributed by atoms with Crippen molar-refractivity contribution in [1.29, 1.82) is 0 Å². The molecule has 0 aliphatic rings. The second-order valence-electron chi connectivity index (χ2n) is 4.50. The van der Waals surface area contributed by atoms with Gasteiger partial charge in [-0.25, -0.2) is 9.38 Å². The number of thiocarbonyl (C=S) groups is 1. The van der Waals surface area contributed by atoms with E-state index in [9.17, 15) is 0 Å². The number of thioether (sulfide) groups is 1. The molecule has 1 N–H and O–H groups in total. The summed E-state index contributed by atoms with van der Waals surface area (Å²) in [4.78, 5) is 5.64. The van der Waals surface area contributed by atoms with E-state index in [0.29, 0.717) is 0 Å². The highest BCUT2D eigenvalue weighted by Gasteiger charge is 2.11. The first-order chi connectivity index (χ1) is 9.13. The van der Waals surface area contributed by atoms with Crippen LogP contribution in [0.15, 0.2) is 24.5 Å². The smallest absolute Gasteiger partial charge is 0.284 e. The van der Waals surface area contributed by atoms with E-state index >= 15 is 0 Å². The number of H-pyrrole nitrogens is 1. The first kappa shape index (κ1) is 14.3. The minimum atomic E-state index is 0.885. The van der Waals surface area contributed by atoms with Crippen molar-refractivity contribution in [2.45, 2.75) is 26.5 Å². The lowest BCUT2D eigenvalue weighted by molar-refractivity contribution is -0.510. The van der Waals surface area contributed by atoms with E-state index in [0.717, 1.165) is 28.8 Å². The Balaban J connectivity index is 2.03. The molecule has 0 atom stereocenters. The number of nitrogens with one attached hydrogen (secondary N) is 1. The van der Waals surface area contributed by atoms with Gasteiger partial charge in [0.1, 0.15) is 10.5 Å². The van der Waals surface area contributed by atoms with Gasteiger partial charge in [-0.3, -0.25) is 0 Å². The molecular weight excluding hydrogens is 274 g/mol. The van der Waals surface area contributed by atoms with Gasteiger partial charge >= 0.3 is 0 Å². The average molecular weight is 294 g/mol. The number of hydrogen-bond donors (Lipinski definition) is 1. The zero-order valence-electron chi connectivity index (χ0n) is 11.6. The Morgan fingerprint density at radius 2 is 2.16 bits per heavy atom. The Bertz CT molecular complexity index is 573. The lowest BCUT2D eigenvalue weighted by Crippen LogP contribution is -2.26. The van der Waals surface area contributed by atoms with Crippen LogP contribution in [0.1, 0.15) is 25.1 Å². The van der Waals surface area contributed by atoms with Gasteiger partial charge in [-0.15, -0.1) is 0 Å². The maximum absolute atomic E-state index is 5.44. The second-order valence-corrected chi connectivity index (χ2v) is 6.11. The number of imidazole rings is 1. The van der Waals surface area contributed by atoms with Crippen molar-refractivity contribution in [3.8, 4) is 0 Å². The number of nitrogens with zero attached hydrogens (tertiary/aromatic N) is 2. The van der Waals surface area contributed by atoms with Gasteiger partial charge in [0, 0.05) is 19.2 Å². The molecule has 0 spiro atoms. The van der Waals surface area contributed by atoms with Crippen LogP contribution in [0.25, 0.3) is 5.65 Å². The van der Waals surface area contributed by atoms with Crippen molar-refractivity contribution in [3.05, 3.63) is 35.8 Å². The Labute approximate surface area is 124 Å². The molecule has 2 rings (SSSR count). The number of aromatic nitrogens is 2. The summed E-state index contributed by atoms with van der Waals surface area (Å²) in [5.41, 5.74) is 3.59. The minimum absolute atomic E-state index is 0.885. The third-order valence-electron chi connectivity index (χ3n) is 3.10. The van der Waals surface area contributed by atoms with Crippen molar-refractivity contribution in [1.82, 2.24) is 9.88 Å². The van der Waals surface area contributed by atoms with Crippen LogP contribution in [-0.2, 0) is 5.75 Å². The van der Waals surface area contributed by atoms with Crippen molar-refractivity contribution >= 4 is 33.9 Å². The van der Waals surface area contributed by atoms with Crippen molar-refractivity contribution in [3.63, 3.8) is 0 Å². The third-order valence-corrected chi connectivity index (χ3v) is 4.67. The molecule has 3 nitrogen and oxygen atoms in total. The highest BCUT2D eigenvalue weighted by Crippen LogP contribution is 2.15. The first-order valence-corrected chi connectivity index (χ1v) is 7.94. The van der Waals surface area contributed by atoms with E-state index in [4.69, 9.17) is 12.2 Å². The van der Waals surface area contributed by atoms with Gasteiger partial charge < -0.3 is 4.90 Å². The summed E-state index contributed by atoms with van der Waals surface area (Å²) in [6.07, 6.45) is 4.21. The van der Waals surface area contributed by atoms with Crippen LogP contribution in [0.3, 0.4) is 0 Å². The summed E-state index contributed by atoms with van der Waals surface area (Å²) in [6.45, 7) is 8.33. The number of aryl methyl sites for hydroxylation is 1. The topological polar surface area (TPSA) is 23.1 Å². The predicted molar refractivity (Wildman–Crippen MR) is 85.5 cm³/mol. The summed E-state index contributed by atoms with van der Waals surface area (Å²) in [7, 11) is 0. The van der Waals surface area contributed by atoms with Gasteiger partial charge in [0.25, 0.3) is 5.65 Å². The summed E-state index contributed by atoms with van der Waals surface area (Å²) in [6, 6.07) is 4.26. The molecule has 0 fully saturated rings. The first-order valence-electron chi connectivity index (χ1n) is 6.55. The van der Waals surface area contributed by atoms with E-state index < -0.39 is 0 Å². The number of hydrogen-bond acceptors (Lipinski definition) is 2. The lowest BCUT2D eigenvalue weighted by Gasteiger charge is -2.20. The Kier molecular flexibility index (Phi) is 4.82. The molecule has 2 heterocycles. The molecule has 0 aliphatic heterocycles. The standard InChI is InChI=1S/C14H19N3S2/c1-4-16(5-2)14(18)19-10-12-9-17-7-6-11(3)8-13(17)15-12/h6-9H,4-5,10H2,1-3H3/p+1. The molecule has 0 amide bonds. The zero-order chi connectivity index (χ0) is 13.8. The molecule has 102 valence electrons. The van der Waals surface area contributed by atoms with Gasteiger partial charge in [-0.1, -0.05) is 24.0 Å². The normalized spacial score (nSPS) is 10.9. The van der Waals surface area contributed by atoms with Crippen molar-refractivity contribution in [2.24, 2.45) is 0 Å². The fourth-order valence-electron chi connectivity index (χ4n) is 1.98.